The first-order valence-corrected chi connectivity index (χ1v) is 6.87. The van der Waals surface area contributed by atoms with E-state index in [1.165, 1.54) is 5.56 Å². The summed E-state index contributed by atoms with van der Waals surface area (Å²) in [5, 5.41) is 2.92. The Balaban J connectivity index is 2.06. The SMILES string of the molecule is CSCCC(=O)NCCCc1cccnc1. The monoisotopic (exact) mass is 238 g/mol. The molecule has 0 spiro atoms. The number of nitrogens with one attached hydrogen (secondary N) is 1. The first-order valence-electron chi connectivity index (χ1n) is 5.47. The maximum atomic E-state index is 11.3. The molecule has 1 aromatic rings. The van der Waals surface area contributed by atoms with Crippen LogP contribution in [0.1, 0.15) is 18.4 Å². The summed E-state index contributed by atoms with van der Waals surface area (Å²) >= 11 is 1.70. The topological polar surface area (TPSA) is 42.0 Å². The number of carbonyl (C=O) groups excluding carboxylic acids is 1. The molecule has 1 N–H and O–H groups in total. The zero-order valence-corrected chi connectivity index (χ0v) is 10.4. The van der Waals surface area contributed by atoms with Gasteiger partial charge in [-0.1, -0.05) is 6.07 Å². The summed E-state index contributed by atoms with van der Waals surface area (Å²) in [5.74, 6) is 1.05. The van der Waals surface area contributed by atoms with Gasteiger partial charge < -0.3 is 5.32 Å². The van der Waals surface area contributed by atoms with Crippen molar-refractivity contribution < 1.29 is 4.79 Å². The van der Waals surface area contributed by atoms with E-state index in [0.29, 0.717) is 6.42 Å². The van der Waals surface area contributed by atoms with Crippen LogP contribution in [0.4, 0.5) is 0 Å². The molecule has 1 heterocycles. The molecule has 88 valence electrons. The summed E-state index contributed by atoms with van der Waals surface area (Å²) in [6.45, 7) is 0.752. The smallest absolute Gasteiger partial charge is 0.220 e. The van der Waals surface area contributed by atoms with Crippen LogP contribution in [0.15, 0.2) is 24.5 Å². The standard InChI is InChI=1S/C12H18N2OS/c1-16-9-6-12(15)14-8-3-5-11-4-2-7-13-10-11/h2,4,7,10H,3,5-6,8-9H2,1H3,(H,14,15). The molecule has 0 saturated carbocycles. The normalized spacial score (nSPS) is 10.1. The minimum absolute atomic E-state index is 0.153. The van der Waals surface area contributed by atoms with Crippen molar-refractivity contribution in [3.63, 3.8) is 0 Å². The molecule has 3 nitrogen and oxygen atoms in total. The van der Waals surface area contributed by atoms with Crippen molar-refractivity contribution in [2.75, 3.05) is 18.6 Å². The van der Waals surface area contributed by atoms with Gasteiger partial charge in [-0.05, 0) is 30.7 Å². The van der Waals surface area contributed by atoms with Crippen LogP contribution < -0.4 is 5.32 Å². The Morgan fingerprint density at radius 1 is 1.56 bits per heavy atom. The van der Waals surface area contributed by atoms with Crippen LogP contribution in [-0.2, 0) is 11.2 Å². The summed E-state index contributed by atoms with van der Waals surface area (Å²) in [6.07, 6.45) is 8.21. The van der Waals surface area contributed by atoms with E-state index in [1.54, 1.807) is 18.0 Å². The third kappa shape index (κ3) is 5.75. The molecule has 0 unspecified atom stereocenters. The molecular weight excluding hydrogens is 220 g/mol. The molecule has 0 aromatic carbocycles. The van der Waals surface area contributed by atoms with Crippen molar-refractivity contribution in [1.29, 1.82) is 0 Å². The molecule has 0 aliphatic heterocycles. The van der Waals surface area contributed by atoms with Crippen LogP contribution in [0, 0.1) is 0 Å². The summed E-state index contributed by atoms with van der Waals surface area (Å²) in [6, 6.07) is 3.99. The van der Waals surface area contributed by atoms with Crippen LogP contribution in [0.25, 0.3) is 0 Å². The number of hydrogen-bond acceptors (Lipinski definition) is 3. The Labute approximate surface area is 101 Å². The highest BCUT2D eigenvalue weighted by Crippen LogP contribution is 1.99. The van der Waals surface area contributed by atoms with E-state index in [0.717, 1.165) is 25.1 Å². The van der Waals surface area contributed by atoms with Crippen molar-refractivity contribution in [1.82, 2.24) is 10.3 Å². The van der Waals surface area contributed by atoms with Gasteiger partial charge in [0.25, 0.3) is 0 Å². The van der Waals surface area contributed by atoms with E-state index in [4.69, 9.17) is 0 Å². The molecule has 1 rings (SSSR count). The first-order chi connectivity index (χ1) is 7.83. The fraction of sp³-hybridized carbons (Fsp3) is 0.500. The Bertz CT molecular complexity index is 303. The van der Waals surface area contributed by atoms with E-state index < -0.39 is 0 Å². The van der Waals surface area contributed by atoms with Crippen LogP contribution in [0.2, 0.25) is 0 Å². The second-order valence-corrected chi connectivity index (χ2v) is 4.54. The molecule has 0 aliphatic carbocycles. The van der Waals surface area contributed by atoms with Gasteiger partial charge in [-0.25, -0.2) is 0 Å². The van der Waals surface area contributed by atoms with Crippen molar-refractivity contribution in [3.05, 3.63) is 30.1 Å². The highest BCUT2D eigenvalue weighted by molar-refractivity contribution is 7.98. The number of nitrogens with zero attached hydrogens (tertiary/aromatic N) is 1. The van der Waals surface area contributed by atoms with Crippen LogP contribution >= 0.6 is 11.8 Å². The number of pyridine rings is 1. The molecule has 1 aromatic heterocycles. The third-order valence-electron chi connectivity index (χ3n) is 2.22. The van der Waals surface area contributed by atoms with Crippen LogP contribution in [0.3, 0.4) is 0 Å². The number of aromatic nitrogens is 1. The van der Waals surface area contributed by atoms with Crippen molar-refractivity contribution in [2.45, 2.75) is 19.3 Å². The van der Waals surface area contributed by atoms with Gasteiger partial charge in [-0.2, -0.15) is 11.8 Å². The highest BCUT2D eigenvalue weighted by atomic mass is 32.2. The molecule has 0 fully saturated rings. The minimum atomic E-state index is 0.153. The summed E-state index contributed by atoms with van der Waals surface area (Å²) in [4.78, 5) is 15.3. The van der Waals surface area contributed by atoms with Crippen LogP contribution in [0.5, 0.6) is 0 Å². The fourth-order valence-electron chi connectivity index (χ4n) is 1.35. The molecule has 4 heteroatoms. The van der Waals surface area contributed by atoms with E-state index in [1.807, 2.05) is 18.5 Å². The lowest BCUT2D eigenvalue weighted by atomic mass is 10.1. The van der Waals surface area contributed by atoms with Crippen molar-refractivity contribution in [3.8, 4) is 0 Å². The minimum Gasteiger partial charge on any atom is -0.356 e. The molecule has 0 radical (unpaired) electrons. The van der Waals surface area contributed by atoms with Gasteiger partial charge in [0.2, 0.25) is 5.91 Å². The van der Waals surface area contributed by atoms with Gasteiger partial charge in [-0.15, -0.1) is 0 Å². The van der Waals surface area contributed by atoms with Gasteiger partial charge in [0.1, 0.15) is 0 Å². The first kappa shape index (κ1) is 13.0. The number of carbonyl (C=O) groups is 1. The molecule has 0 bridgehead atoms. The van der Waals surface area contributed by atoms with Crippen molar-refractivity contribution >= 4 is 17.7 Å². The lowest BCUT2D eigenvalue weighted by molar-refractivity contribution is -0.120. The van der Waals surface area contributed by atoms with Gasteiger partial charge in [-0.3, -0.25) is 9.78 Å². The second-order valence-electron chi connectivity index (χ2n) is 3.56. The Morgan fingerprint density at radius 2 is 2.44 bits per heavy atom. The maximum absolute atomic E-state index is 11.3. The van der Waals surface area contributed by atoms with Gasteiger partial charge in [0.15, 0.2) is 0 Å². The highest BCUT2D eigenvalue weighted by Gasteiger charge is 1.99. The van der Waals surface area contributed by atoms with Gasteiger partial charge in [0, 0.05) is 31.1 Å². The molecule has 0 aliphatic rings. The molecule has 0 saturated heterocycles. The second kappa shape index (κ2) is 8.16. The van der Waals surface area contributed by atoms with E-state index >= 15 is 0 Å². The molecule has 1 amide bonds. The van der Waals surface area contributed by atoms with E-state index in [9.17, 15) is 4.79 Å². The summed E-state index contributed by atoms with van der Waals surface area (Å²) < 4.78 is 0. The maximum Gasteiger partial charge on any atom is 0.220 e. The summed E-state index contributed by atoms with van der Waals surface area (Å²) in [5.41, 5.74) is 1.22. The zero-order valence-electron chi connectivity index (χ0n) is 9.61. The lowest BCUT2D eigenvalue weighted by Crippen LogP contribution is -2.24. The fourth-order valence-corrected chi connectivity index (χ4v) is 1.74. The quantitative estimate of drug-likeness (QED) is 0.738. The molecular formula is C12H18N2OS. The van der Waals surface area contributed by atoms with E-state index in [2.05, 4.69) is 16.4 Å². The molecule has 16 heavy (non-hydrogen) atoms. The predicted octanol–water partition coefficient (Wildman–Crippen LogP) is 1.88. The number of amides is 1. The number of thioether (sulfide) groups is 1. The Kier molecular flexibility index (Phi) is 6.65. The number of rotatable bonds is 7. The average Bonchev–Trinajstić information content (AvgIpc) is 2.33. The van der Waals surface area contributed by atoms with Gasteiger partial charge >= 0.3 is 0 Å². The van der Waals surface area contributed by atoms with E-state index in [-0.39, 0.29) is 5.91 Å². The average molecular weight is 238 g/mol. The largest absolute Gasteiger partial charge is 0.356 e. The predicted molar refractivity (Wildman–Crippen MR) is 68.6 cm³/mol. The zero-order chi connectivity index (χ0) is 11.6. The van der Waals surface area contributed by atoms with Gasteiger partial charge in [0.05, 0.1) is 0 Å². The Hall–Kier alpha value is -1.03. The lowest BCUT2D eigenvalue weighted by Gasteiger charge is -2.04. The van der Waals surface area contributed by atoms with Crippen LogP contribution in [-0.4, -0.2) is 29.4 Å². The van der Waals surface area contributed by atoms with Crippen molar-refractivity contribution in [2.24, 2.45) is 0 Å². The Morgan fingerprint density at radius 3 is 3.12 bits per heavy atom. The third-order valence-corrected chi connectivity index (χ3v) is 2.83. The molecule has 0 atom stereocenters. The summed E-state index contributed by atoms with van der Waals surface area (Å²) in [7, 11) is 0. The number of aryl methyl sites for hydroxylation is 1. The number of hydrogen-bond donors (Lipinski definition) is 1.